The maximum atomic E-state index is 14.3. The molecule has 198 valence electrons. The fraction of sp³-hybridized carbons (Fsp3) is 0.500. The van der Waals surface area contributed by atoms with Crippen molar-refractivity contribution < 1.29 is 27.8 Å². The Labute approximate surface area is 210 Å². The van der Waals surface area contributed by atoms with Crippen molar-refractivity contribution in [2.45, 2.75) is 44.2 Å². The van der Waals surface area contributed by atoms with E-state index in [4.69, 9.17) is 9.84 Å². The summed E-state index contributed by atoms with van der Waals surface area (Å²) in [6.07, 6.45) is 5.11. The Morgan fingerprint density at radius 3 is 2.54 bits per heavy atom. The summed E-state index contributed by atoms with van der Waals surface area (Å²) in [6, 6.07) is 1.11. The smallest absolute Gasteiger partial charge is 0.224 e. The number of aliphatic hydroxyl groups is 1. The molecule has 2 fully saturated rings. The molecule has 2 aromatic heterocycles. The van der Waals surface area contributed by atoms with Gasteiger partial charge in [-0.2, -0.15) is 4.98 Å². The summed E-state index contributed by atoms with van der Waals surface area (Å²) in [5.74, 6) is -2.76. The summed E-state index contributed by atoms with van der Waals surface area (Å²) >= 11 is 0. The highest BCUT2D eigenvalue weighted by Crippen LogP contribution is 2.32. The molecule has 1 aliphatic carbocycles. The highest BCUT2D eigenvalue weighted by atomic mass is 19.1. The Bertz CT molecular complexity index is 1250. The number of nitrogens with zero attached hydrogens (tertiary/aromatic N) is 4. The third-order valence-corrected chi connectivity index (χ3v) is 6.79. The minimum absolute atomic E-state index is 0.0399. The van der Waals surface area contributed by atoms with Crippen LogP contribution in [0, 0.1) is 23.4 Å². The molecule has 1 saturated carbocycles. The second-order valence-electron chi connectivity index (χ2n) is 9.30. The van der Waals surface area contributed by atoms with E-state index >= 15 is 0 Å². The highest BCUT2D eigenvalue weighted by Gasteiger charge is 2.28. The number of hydrogen-bond donors (Lipinski definition) is 4. The third kappa shape index (κ3) is 5.47. The van der Waals surface area contributed by atoms with Gasteiger partial charge in [-0.15, -0.1) is 0 Å². The molecule has 1 aromatic carbocycles. The summed E-state index contributed by atoms with van der Waals surface area (Å²) in [6.45, 7) is 1.07. The normalized spacial score (nSPS) is 21.8. The van der Waals surface area contributed by atoms with Crippen molar-refractivity contribution >= 4 is 34.7 Å². The lowest BCUT2D eigenvalue weighted by Crippen LogP contribution is -2.37. The fourth-order valence-corrected chi connectivity index (χ4v) is 4.90. The number of imidazole rings is 1. The monoisotopic (exact) mass is 519 g/mol. The van der Waals surface area contributed by atoms with Gasteiger partial charge in [-0.05, 0) is 32.1 Å². The highest BCUT2D eigenvalue weighted by molar-refractivity contribution is 5.79. The maximum Gasteiger partial charge on any atom is 0.224 e. The number of halogens is 3. The van der Waals surface area contributed by atoms with Crippen LogP contribution in [0.2, 0.25) is 0 Å². The first-order chi connectivity index (χ1) is 17.9. The number of anilines is 3. The Morgan fingerprint density at radius 1 is 1.11 bits per heavy atom. The van der Waals surface area contributed by atoms with E-state index < -0.39 is 23.1 Å². The van der Waals surface area contributed by atoms with E-state index in [1.165, 1.54) is 6.20 Å². The number of carbonyl (C=O) groups excluding carboxylic acids is 1. The zero-order chi connectivity index (χ0) is 25.9. The van der Waals surface area contributed by atoms with Gasteiger partial charge in [0.25, 0.3) is 0 Å². The molecule has 0 unspecified atom stereocenters. The summed E-state index contributed by atoms with van der Waals surface area (Å²) < 4.78 is 49.3. The zero-order valence-corrected chi connectivity index (χ0v) is 20.0. The van der Waals surface area contributed by atoms with Crippen LogP contribution >= 0.6 is 0 Å². The first-order valence-corrected chi connectivity index (χ1v) is 12.3. The van der Waals surface area contributed by atoms with Gasteiger partial charge < -0.3 is 25.8 Å². The Balaban J connectivity index is 1.37. The molecule has 13 heteroatoms. The molecule has 1 atom stereocenters. The van der Waals surface area contributed by atoms with Gasteiger partial charge in [-0.25, -0.2) is 23.1 Å². The Kier molecular flexibility index (Phi) is 7.42. The number of hydrogen-bond acceptors (Lipinski definition) is 8. The molecule has 2 aliphatic rings. The maximum absolute atomic E-state index is 14.3. The molecule has 10 nitrogen and oxygen atoms in total. The van der Waals surface area contributed by atoms with Crippen LogP contribution in [0.15, 0.2) is 18.3 Å². The Morgan fingerprint density at radius 2 is 1.86 bits per heavy atom. The summed E-state index contributed by atoms with van der Waals surface area (Å²) in [5, 5.41) is 17.6. The number of aromatic nitrogens is 4. The fourth-order valence-electron chi connectivity index (χ4n) is 4.90. The number of fused-ring (bicyclic) bond motifs is 1. The molecular formula is C24H28F3N7O3. The molecule has 0 bridgehead atoms. The number of amides is 1. The molecule has 37 heavy (non-hydrogen) atoms. The molecule has 1 aliphatic heterocycles. The van der Waals surface area contributed by atoms with Crippen LogP contribution in [0.1, 0.15) is 38.1 Å². The Hall–Kier alpha value is -3.45. The predicted molar refractivity (Wildman–Crippen MR) is 129 cm³/mol. The van der Waals surface area contributed by atoms with E-state index in [1.807, 2.05) is 0 Å². The minimum atomic E-state index is -1.08. The number of ether oxygens (including phenoxy) is 1. The van der Waals surface area contributed by atoms with Gasteiger partial charge in [0.1, 0.15) is 17.0 Å². The first kappa shape index (κ1) is 25.2. The van der Waals surface area contributed by atoms with Gasteiger partial charge in [0.2, 0.25) is 17.8 Å². The lowest BCUT2D eigenvalue weighted by Gasteiger charge is -2.28. The first-order valence-electron chi connectivity index (χ1n) is 12.3. The summed E-state index contributed by atoms with van der Waals surface area (Å²) in [7, 11) is 0. The van der Waals surface area contributed by atoms with Gasteiger partial charge >= 0.3 is 0 Å². The third-order valence-electron chi connectivity index (χ3n) is 6.79. The molecule has 3 aromatic rings. The molecule has 1 saturated heterocycles. The SMILES string of the molecule is O=C(NCCO)[C@H]1CC[C@H](Nc2ncc3nc(Nc4c(F)cc(F)cc4F)n([C@@H]4CCOC4)c3n2)CC1. The number of aliphatic hydroxyl groups excluding tert-OH is 1. The number of nitrogens with one attached hydrogen (secondary N) is 3. The van der Waals surface area contributed by atoms with Crippen molar-refractivity contribution in [1.82, 2.24) is 24.8 Å². The van der Waals surface area contributed by atoms with Gasteiger partial charge in [-0.3, -0.25) is 9.36 Å². The number of benzene rings is 1. The van der Waals surface area contributed by atoms with Crippen molar-refractivity contribution in [2.75, 3.05) is 37.0 Å². The molecule has 3 heterocycles. The molecular weight excluding hydrogens is 491 g/mol. The average molecular weight is 520 g/mol. The van der Waals surface area contributed by atoms with E-state index in [-0.39, 0.29) is 43.0 Å². The van der Waals surface area contributed by atoms with Gasteiger partial charge in [0.05, 0.1) is 25.5 Å². The van der Waals surface area contributed by atoms with Crippen molar-refractivity contribution in [1.29, 1.82) is 0 Å². The van der Waals surface area contributed by atoms with Crippen LogP contribution < -0.4 is 16.0 Å². The lowest BCUT2D eigenvalue weighted by molar-refractivity contribution is -0.126. The van der Waals surface area contributed by atoms with Crippen LogP contribution in [0.5, 0.6) is 0 Å². The average Bonchev–Trinajstić information content (AvgIpc) is 3.52. The van der Waals surface area contributed by atoms with Gasteiger partial charge in [0, 0.05) is 37.2 Å². The molecule has 0 radical (unpaired) electrons. The van der Waals surface area contributed by atoms with Gasteiger partial charge in [0.15, 0.2) is 17.3 Å². The van der Waals surface area contributed by atoms with Crippen molar-refractivity contribution in [3.05, 3.63) is 35.8 Å². The van der Waals surface area contributed by atoms with Gasteiger partial charge in [-0.1, -0.05) is 0 Å². The summed E-state index contributed by atoms with van der Waals surface area (Å²) in [4.78, 5) is 25.6. The molecule has 0 spiro atoms. The standard InChI is InChI=1S/C24H28F3N7O3/c25-14-9-17(26)20(18(27)10-14)32-24-31-19-11-29-23(33-21(19)34(24)16-5-8-37-12-16)30-15-3-1-13(2-4-15)22(36)28-6-7-35/h9-11,13,15-16,35H,1-8,12H2,(H,28,36)(H,31,32)(H,29,30,33)/t13-,15-,16-/m1/s1. The number of rotatable bonds is 8. The predicted octanol–water partition coefficient (Wildman–Crippen LogP) is 3.03. The minimum Gasteiger partial charge on any atom is -0.395 e. The summed E-state index contributed by atoms with van der Waals surface area (Å²) in [5.41, 5.74) is 0.380. The van der Waals surface area contributed by atoms with E-state index in [0.29, 0.717) is 61.7 Å². The molecule has 4 N–H and O–H groups in total. The van der Waals surface area contributed by atoms with Crippen molar-refractivity contribution in [3.63, 3.8) is 0 Å². The van der Waals surface area contributed by atoms with Crippen LogP contribution in [0.25, 0.3) is 11.2 Å². The van der Waals surface area contributed by atoms with E-state index in [0.717, 1.165) is 12.8 Å². The van der Waals surface area contributed by atoms with Crippen LogP contribution in [0.3, 0.4) is 0 Å². The molecule has 1 amide bonds. The largest absolute Gasteiger partial charge is 0.395 e. The van der Waals surface area contributed by atoms with Crippen LogP contribution in [-0.4, -0.2) is 62.9 Å². The van der Waals surface area contributed by atoms with Crippen LogP contribution in [0.4, 0.5) is 30.8 Å². The topological polar surface area (TPSA) is 126 Å². The van der Waals surface area contributed by atoms with E-state index in [2.05, 4.69) is 30.9 Å². The second-order valence-corrected chi connectivity index (χ2v) is 9.30. The van der Waals surface area contributed by atoms with Crippen molar-refractivity contribution in [2.24, 2.45) is 5.92 Å². The second kappa shape index (κ2) is 10.9. The quantitative estimate of drug-likeness (QED) is 0.358. The van der Waals surface area contributed by atoms with Crippen molar-refractivity contribution in [3.8, 4) is 0 Å². The van der Waals surface area contributed by atoms with E-state index in [9.17, 15) is 18.0 Å². The molecule has 5 rings (SSSR count). The lowest BCUT2D eigenvalue weighted by atomic mass is 9.85. The van der Waals surface area contributed by atoms with E-state index in [1.54, 1.807) is 4.57 Å². The number of carbonyl (C=O) groups is 1. The van der Waals surface area contributed by atoms with Crippen LogP contribution in [-0.2, 0) is 9.53 Å². The zero-order valence-electron chi connectivity index (χ0n) is 20.0.